The molecule has 2 fully saturated rings. The molecule has 24 heavy (non-hydrogen) atoms. The van der Waals surface area contributed by atoms with Crippen molar-refractivity contribution < 1.29 is 9.47 Å². The van der Waals surface area contributed by atoms with E-state index >= 15 is 0 Å². The Kier molecular flexibility index (Phi) is 5.76. The van der Waals surface area contributed by atoms with Crippen molar-refractivity contribution in [3.8, 4) is 0 Å². The number of hydrogen-bond acceptors (Lipinski definition) is 4. The van der Waals surface area contributed by atoms with Gasteiger partial charge >= 0.3 is 0 Å². The Morgan fingerprint density at radius 3 is 1.25 bits per heavy atom. The summed E-state index contributed by atoms with van der Waals surface area (Å²) < 4.78 is 11.8. The third-order valence-electron chi connectivity index (χ3n) is 5.89. The predicted molar refractivity (Wildman–Crippen MR) is 100 cm³/mol. The third-order valence-corrected chi connectivity index (χ3v) is 5.89. The standard InChI is InChI=1S/C20H40N2O2/c1-17(2)11-15(19(5,6)21-17)13-23-9-10-24-14-16-12-18(3,4)22-20(16,7)8/h15-16,21-22H,9-14H2,1-8H3. The van der Waals surface area contributed by atoms with Crippen LogP contribution in [-0.2, 0) is 9.47 Å². The lowest BCUT2D eigenvalue weighted by atomic mass is 9.88. The Labute approximate surface area is 149 Å². The highest BCUT2D eigenvalue weighted by Crippen LogP contribution is 2.36. The molecule has 0 bridgehead atoms. The zero-order valence-corrected chi connectivity index (χ0v) is 17.2. The van der Waals surface area contributed by atoms with Gasteiger partial charge in [0.1, 0.15) is 0 Å². The van der Waals surface area contributed by atoms with Crippen molar-refractivity contribution in [1.29, 1.82) is 0 Å². The highest BCUT2D eigenvalue weighted by molar-refractivity contribution is 5.03. The first kappa shape index (κ1) is 20.2. The van der Waals surface area contributed by atoms with Gasteiger partial charge in [-0.2, -0.15) is 0 Å². The summed E-state index contributed by atoms with van der Waals surface area (Å²) in [6.07, 6.45) is 2.33. The molecule has 0 saturated carbocycles. The van der Waals surface area contributed by atoms with Crippen molar-refractivity contribution in [3.63, 3.8) is 0 Å². The molecule has 2 N–H and O–H groups in total. The molecular formula is C20H40N2O2. The number of rotatable bonds is 7. The second kappa shape index (κ2) is 6.86. The van der Waals surface area contributed by atoms with E-state index in [0.29, 0.717) is 25.0 Å². The van der Waals surface area contributed by atoms with Crippen LogP contribution in [0.1, 0.15) is 68.2 Å². The molecule has 0 aromatic heterocycles. The Morgan fingerprint density at radius 2 is 1.00 bits per heavy atom. The summed E-state index contributed by atoms with van der Waals surface area (Å²) in [5, 5.41) is 7.41. The molecule has 0 radical (unpaired) electrons. The second-order valence-electron chi connectivity index (χ2n) is 10.4. The number of ether oxygens (including phenoxy) is 2. The van der Waals surface area contributed by atoms with Crippen LogP contribution in [0.2, 0.25) is 0 Å². The molecule has 0 aromatic carbocycles. The summed E-state index contributed by atoms with van der Waals surface area (Å²) >= 11 is 0. The molecule has 4 nitrogen and oxygen atoms in total. The van der Waals surface area contributed by atoms with E-state index in [0.717, 1.165) is 26.1 Å². The molecule has 0 spiro atoms. The molecule has 2 unspecified atom stereocenters. The highest BCUT2D eigenvalue weighted by atomic mass is 16.5. The molecule has 0 amide bonds. The fourth-order valence-corrected chi connectivity index (χ4v) is 4.90. The van der Waals surface area contributed by atoms with Gasteiger partial charge in [0.15, 0.2) is 0 Å². The molecule has 0 aliphatic carbocycles. The second-order valence-corrected chi connectivity index (χ2v) is 10.4. The lowest BCUT2D eigenvalue weighted by Gasteiger charge is -2.29. The van der Waals surface area contributed by atoms with Gasteiger partial charge in [0, 0.05) is 34.0 Å². The average Bonchev–Trinajstić information content (AvgIpc) is 2.70. The van der Waals surface area contributed by atoms with Crippen molar-refractivity contribution in [2.24, 2.45) is 11.8 Å². The smallest absolute Gasteiger partial charge is 0.0700 e. The summed E-state index contributed by atoms with van der Waals surface area (Å²) in [7, 11) is 0. The molecule has 142 valence electrons. The fourth-order valence-electron chi connectivity index (χ4n) is 4.90. The minimum absolute atomic E-state index is 0.148. The van der Waals surface area contributed by atoms with E-state index in [2.05, 4.69) is 66.0 Å². The summed E-state index contributed by atoms with van der Waals surface area (Å²) in [6.45, 7) is 21.2. The van der Waals surface area contributed by atoms with Gasteiger partial charge in [-0.25, -0.2) is 0 Å². The molecule has 0 aromatic rings. The van der Waals surface area contributed by atoms with Gasteiger partial charge in [0.25, 0.3) is 0 Å². The van der Waals surface area contributed by atoms with Gasteiger partial charge in [-0.1, -0.05) is 0 Å². The fraction of sp³-hybridized carbons (Fsp3) is 1.00. The van der Waals surface area contributed by atoms with Crippen LogP contribution in [-0.4, -0.2) is 48.6 Å². The molecule has 2 heterocycles. The van der Waals surface area contributed by atoms with Crippen LogP contribution in [0.4, 0.5) is 0 Å². The van der Waals surface area contributed by atoms with Crippen molar-refractivity contribution >= 4 is 0 Å². The summed E-state index contributed by atoms with van der Waals surface area (Å²) in [5.41, 5.74) is 0.717. The predicted octanol–water partition coefficient (Wildman–Crippen LogP) is 3.35. The Hall–Kier alpha value is -0.160. The van der Waals surface area contributed by atoms with Gasteiger partial charge < -0.3 is 20.1 Å². The summed E-state index contributed by atoms with van der Waals surface area (Å²) in [6, 6.07) is 0. The molecule has 2 aliphatic heterocycles. The Balaban J connectivity index is 1.63. The minimum Gasteiger partial charge on any atom is -0.379 e. The zero-order chi connectivity index (χ0) is 18.2. The largest absolute Gasteiger partial charge is 0.379 e. The zero-order valence-electron chi connectivity index (χ0n) is 17.2. The lowest BCUT2D eigenvalue weighted by Crippen LogP contribution is -2.46. The molecule has 4 heteroatoms. The van der Waals surface area contributed by atoms with Crippen molar-refractivity contribution in [2.45, 2.75) is 90.4 Å². The molecule has 2 aliphatic rings. The van der Waals surface area contributed by atoms with E-state index in [4.69, 9.17) is 9.47 Å². The number of nitrogens with one attached hydrogen (secondary N) is 2. The van der Waals surface area contributed by atoms with E-state index in [-0.39, 0.29) is 22.2 Å². The lowest BCUT2D eigenvalue weighted by molar-refractivity contribution is 0.0101. The minimum atomic E-state index is 0.148. The van der Waals surface area contributed by atoms with Crippen LogP contribution in [0, 0.1) is 11.8 Å². The summed E-state index contributed by atoms with van der Waals surface area (Å²) in [5.74, 6) is 1.12. The van der Waals surface area contributed by atoms with Crippen molar-refractivity contribution in [1.82, 2.24) is 10.6 Å². The maximum Gasteiger partial charge on any atom is 0.0700 e. The quantitative estimate of drug-likeness (QED) is 0.698. The van der Waals surface area contributed by atoms with E-state index in [1.807, 2.05) is 0 Å². The molecule has 2 saturated heterocycles. The van der Waals surface area contributed by atoms with E-state index in [1.165, 1.54) is 0 Å². The maximum atomic E-state index is 5.92. The average molecular weight is 341 g/mol. The Morgan fingerprint density at radius 1 is 0.667 bits per heavy atom. The van der Waals surface area contributed by atoms with Crippen LogP contribution in [0.25, 0.3) is 0 Å². The first-order valence-electron chi connectivity index (χ1n) is 9.57. The van der Waals surface area contributed by atoms with Crippen LogP contribution in [0.15, 0.2) is 0 Å². The Bertz CT molecular complexity index is 389. The van der Waals surface area contributed by atoms with Crippen molar-refractivity contribution in [2.75, 3.05) is 26.4 Å². The highest BCUT2D eigenvalue weighted by Gasteiger charge is 2.44. The first-order chi connectivity index (χ1) is 10.8. The van der Waals surface area contributed by atoms with E-state index in [1.54, 1.807) is 0 Å². The van der Waals surface area contributed by atoms with Gasteiger partial charge in [-0.3, -0.25) is 0 Å². The van der Waals surface area contributed by atoms with Gasteiger partial charge in [0.2, 0.25) is 0 Å². The maximum absolute atomic E-state index is 5.92. The number of hydrogen-bond donors (Lipinski definition) is 2. The van der Waals surface area contributed by atoms with E-state index in [9.17, 15) is 0 Å². The van der Waals surface area contributed by atoms with Crippen LogP contribution in [0.3, 0.4) is 0 Å². The van der Waals surface area contributed by atoms with Gasteiger partial charge in [-0.15, -0.1) is 0 Å². The SMILES string of the molecule is CC1(C)CC(COCCOCC2CC(C)(C)NC2(C)C)C(C)(C)N1. The van der Waals surface area contributed by atoms with Crippen LogP contribution in [0.5, 0.6) is 0 Å². The van der Waals surface area contributed by atoms with Gasteiger partial charge in [0.05, 0.1) is 26.4 Å². The monoisotopic (exact) mass is 340 g/mol. The first-order valence-corrected chi connectivity index (χ1v) is 9.57. The van der Waals surface area contributed by atoms with Crippen LogP contribution >= 0.6 is 0 Å². The van der Waals surface area contributed by atoms with E-state index < -0.39 is 0 Å². The third kappa shape index (κ3) is 5.17. The molecular weight excluding hydrogens is 300 g/mol. The normalized spacial score (nSPS) is 33.0. The molecule has 2 atom stereocenters. The van der Waals surface area contributed by atoms with Crippen LogP contribution < -0.4 is 10.6 Å². The summed E-state index contributed by atoms with van der Waals surface area (Å²) in [4.78, 5) is 0. The molecule has 2 rings (SSSR count). The topological polar surface area (TPSA) is 42.5 Å². The van der Waals surface area contributed by atoms with Crippen molar-refractivity contribution in [3.05, 3.63) is 0 Å². The van der Waals surface area contributed by atoms with Gasteiger partial charge in [-0.05, 0) is 68.2 Å².